The first kappa shape index (κ1) is 14.8. The van der Waals surface area contributed by atoms with Crippen molar-refractivity contribution in [3.8, 4) is 5.69 Å². The molecule has 0 unspecified atom stereocenters. The molecule has 0 radical (unpaired) electrons. The Kier molecular flexibility index (Phi) is 3.97. The van der Waals surface area contributed by atoms with Crippen LogP contribution in [0.25, 0.3) is 5.69 Å². The van der Waals surface area contributed by atoms with Crippen molar-refractivity contribution >= 4 is 34.8 Å². The second-order valence-electron chi connectivity index (χ2n) is 4.46. The standard InChI is InChI=1S/C14H12Cl2N2O2/c1-7-13(8(2)19)14(9(3)20)17-18(7)12-5-10(15)4-11(16)6-12/h4-6H,1-3H3. The van der Waals surface area contributed by atoms with E-state index < -0.39 is 0 Å². The van der Waals surface area contributed by atoms with Crippen molar-refractivity contribution in [1.29, 1.82) is 0 Å². The summed E-state index contributed by atoms with van der Waals surface area (Å²) in [7, 11) is 0. The maximum Gasteiger partial charge on any atom is 0.180 e. The van der Waals surface area contributed by atoms with E-state index in [0.717, 1.165) is 0 Å². The van der Waals surface area contributed by atoms with Crippen molar-refractivity contribution in [2.75, 3.05) is 0 Å². The van der Waals surface area contributed by atoms with Gasteiger partial charge in [-0.3, -0.25) is 9.59 Å². The first-order chi connectivity index (χ1) is 9.31. The minimum atomic E-state index is -0.259. The molecule has 1 aromatic heterocycles. The minimum absolute atomic E-state index is 0.158. The molecular weight excluding hydrogens is 299 g/mol. The summed E-state index contributed by atoms with van der Waals surface area (Å²) >= 11 is 11.9. The van der Waals surface area contributed by atoms with Crippen molar-refractivity contribution < 1.29 is 9.59 Å². The van der Waals surface area contributed by atoms with Gasteiger partial charge in [0.2, 0.25) is 0 Å². The molecule has 0 bridgehead atoms. The predicted octanol–water partition coefficient (Wildman–Crippen LogP) is 3.89. The molecule has 2 rings (SSSR count). The lowest BCUT2D eigenvalue weighted by molar-refractivity contribution is 0.0978. The number of ketones is 2. The molecule has 4 nitrogen and oxygen atoms in total. The van der Waals surface area contributed by atoms with Gasteiger partial charge in [0.25, 0.3) is 0 Å². The second kappa shape index (κ2) is 5.38. The van der Waals surface area contributed by atoms with Crippen LogP contribution < -0.4 is 0 Å². The predicted molar refractivity (Wildman–Crippen MR) is 78.3 cm³/mol. The zero-order chi connectivity index (χ0) is 15.0. The molecule has 0 saturated carbocycles. The number of hydrogen-bond acceptors (Lipinski definition) is 3. The van der Waals surface area contributed by atoms with Gasteiger partial charge in [-0.15, -0.1) is 0 Å². The highest BCUT2D eigenvalue weighted by atomic mass is 35.5. The van der Waals surface area contributed by atoms with Crippen LogP contribution >= 0.6 is 23.2 Å². The van der Waals surface area contributed by atoms with Crippen LogP contribution in [-0.2, 0) is 0 Å². The van der Waals surface area contributed by atoms with Gasteiger partial charge < -0.3 is 0 Å². The van der Waals surface area contributed by atoms with Crippen LogP contribution in [-0.4, -0.2) is 21.3 Å². The fraction of sp³-hybridized carbons (Fsp3) is 0.214. The van der Waals surface area contributed by atoms with Gasteiger partial charge in [-0.2, -0.15) is 5.10 Å². The molecule has 0 N–H and O–H groups in total. The second-order valence-corrected chi connectivity index (χ2v) is 5.33. The van der Waals surface area contributed by atoms with E-state index in [2.05, 4.69) is 5.10 Å². The summed E-state index contributed by atoms with van der Waals surface area (Å²) < 4.78 is 1.51. The average Bonchev–Trinajstić information content (AvgIpc) is 2.65. The van der Waals surface area contributed by atoms with Gasteiger partial charge >= 0.3 is 0 Å². The number of hydrogen-bond donors (Lipinski definition) is 0. The highest BCUT2D eigenvalue weighted by molar-refractivity contribution is 6.34. The van der Waals surface area contributed by atoms with E-state index in [1.165, 1.54) is 18.5 Å². The molecule has 6 heteroatoms. The monoisotopic (exact) mass is 310 g/mol. The molecule has 0 atom stereocenters. The molecular formula is C14H12Cl2N2O2. The van der Waals surface area contributed by atoms with Crippen LogP contribution in [0.2, 0.25) is 10.0 Å². The van der Waals surface area contributed by atoms with Gasteiger partial charge in [0.1, 0.15) is 5.69 Å². The van der Waals surface area contributed by atoms with E-state index in [-0.39, 0.29) is 17.3 Å². The Labute approximate surface area is 126 Å². The number of Topliss-reactive ketones (excluding diaryl/α,β-unsaturated/α-hetero) is 2. The van der Waals surface area contributed by atoms with Gasteiger partial charge in [-0.05, 0) is 32.0 Å². The Morgan fingerprint density at radius 1 is 1.05 bits per heavy atom. The van der Waals surface area contributed by atoms with Crippen LogP contribution in [0.15, 0.2) is 18.2 Å². The zero-order valence-electron chi connectivity index (χ0n) is 11.2. The van der Waals surface area contributed by atoms with Gasteiger partial charge in [0.15, 0.2) is 11.6 Å². The Balaban J connectivity index is 2.72. The van der Waals surface area contributed by atoms with Gasteiger partial charge in [0, 0.05) is 17.0 Å². The van der Waals surface area contributed by atoms with E-state index in [1.807, 2.05) is 0 Å². The first-order valence-corrected chi connectivity index (χ1v) is 6.65. The van der Waals surface area contributed by atoms with Crippen molar-refractivity contribution in [1.82, 2.24) is 9.78 Å². The largest absolute Gasteiger partial charge is 0.294 e. The maximum atomic E-state index is 11.7. The van der Waals surface area contributed by atoms with Crippen molar-refractivity contribution in [3.63, 3.8) is 0 Å². The number of benzene rings is 1. The molecule has 1 aromatic carbocycles. The molecule has 104 valence electrons. The van der Waals surface area contributed by atoms with Crippen molar-refractivity contribution in [2.24, 2.45) is 0 Å². The average molecular weight is 311 g/mol. The van der Waals surface area contributed by atoms with E-state index in [9.17, 15) is 9.59 Å². The summed E-state index contributed by atoms with van der Waals surface area (Å²) in [6.07, 6.45) is 0. The molecule has 0 aliphatic rings. The van der Waals surface area contributed by atoms with E-state index in [0.29, 0.717) is 27.0 Å². The Bertz CT molecular complexity index is 700. The third-order valence-corrected chi connectivity index (χ3v) is 3.33. The normalized spacial score (nSPS) is 10.7. The smallest absolute Gasteiger partial charge is 0.180 e. The van der Waals surface area contributed by atoms with Crippen molar-refractivity contribution in [3.05, 3.63) is 45.2 Å². The van der Waals surface area contributed by atoms with E-state index in [4.69, 9.17) is 23.2 Å². The summed E-state index contributed by atoms with van der Waals surface area (Å²) in [6.45, 7) is 4.51. The van der Waals surface area contributed by atoms with Gasteiger partial charge in [0.05, 0.1) is 16.9 Å². The molecule has 20 heavy (non-hydrogen) atoms. The lowest BCUT2D eigenvalue weighted by Crippen LogP contribution is -2.02. The summed E-state index contributed by atoms with van der Waals surface area (Å²) in [6, 6.07) is 4.94. The van der Waals surface area contributed by atoms with Crippen LogP contribution in [0, 0.1) is 6.92 Å². The number of aromatic nitrogens is 2. The molecule has 0 spiro atoms. The molecule has 0 saturated heterocycles. The third-order valence-electron chi connectivity index (χ3n) is 2.89. The summed E-state index contributed by atoms with van der Waals surface area (Å²) in [5.74, 6) is -0.461. The molecule has 0 amide bonds. The maximum absolute atomic E-state index is 11.7. The van der Waals surface area contributed by atoms with E-state index in [1.54, 1.807) is 25.1 Å². The highest BCUT2D eigenvalue weighted by Gasteiger charge is 2.22. The number of carbonyl (C=O) groups excluding carboxylic acids is 2. The van der Waals surface area contributed by atoms with Crippen LogP contribution in [0.3, 0.4) is 0 Å². The molecule has 0 aliphatic heterocycles. The van der Waals surface area contributed by atoms with Gasteiger partial charge in [-0.1, -0.05) is 23.2 Å². The van der Waals surface area contributed by atoms with Crippen molar-refractivity contribution in [2.45, 2.75) is 20.8 Å². The van der Waals surface area contributed by atoms with Crippen LogP contribution in [0.4, 0.5) is 0 Å². The minimum Gasteiger partial charge on any atom is -0.294 e. The Hall–Kier alpha value is -1.65. The topological polar surface area (TPSA) is 52.0 Å². The first-order valence-electron chi connectivity index (χ1n) is 5.89. The number of nitrogens with zero attached hydrogens (tertiary/aromatic N) is 2. The quantitative estimate of drug-likeness (QED) is 0.808. The lowest BCUT2D eigenvalue weighted by atomic mass is 10.1. The Morgan fingerprint density at radius 3 is 2.00 bits per heavy atom. The van der Waals surface area contributed by atoms with Crippen LogP contribution in [0.5, 0.6) is 0 Å². The van der Waals surface area contributed by atoms with Gasteiger partial charge in [-0.25, -0.2) is 4.68 Å². The number of carbonyl (C=O) groups is 2. The lowest BCUT2D eigenvalue weighted by Gasteiger charge is -2.06. The fourth-order valence-electron chi connectivity index (χ4n) is 2.08. The summed E-state index contributed by atoms with van der Waals surface area (Å²) in [4.78, 5) is 23.3. The highest BCUT2D eigenvalue weighted by Crippen LogP contribution is 2.25. The SMILES string of the molecule is CC(=O)c1nn(-c2cc(Cl)cc(Cl)c2)c(C)c1C(C)=O. The third kappa shape index (κ3) is 2.62. The van der Waals surface area contributed by atoms with E-state index >= 15 is 0 Å². The molecule has 0 aliphatic carbocycles. The molecule has 1 heterocycles. The molecule has 2 aromatic rings. The summed E-state index contributed by atoms with van der Waals surface area (Å²) in [5.41, 5.74) is 1.68. The fourth-order valence-corrected chi connectivity index (χ4v) is 2.60. The molecule has 0 fully saturated rings. The zero-order valence-corrected chi connectivity index (χ0v) is 12.7. The number of halogens is 2. The van der Waals surface area contributed by atoms with Crippen LogP contribution in [0.1, 0.15) is 40.4 Å². The number of rotatable bonds is 3. The Morgan fingerprint density at radius 2 is 1.60 bits per heavy atom. The summed E-state index contributed by atoms with van der Waals surface area (Å²) in [5, 5.41) is 5.12.